The maximum atomic E-state index is 9.97. The first-order chi connectivity index (χ1) is 7.49. The van der Waals surface area contributed by atoms with Gasteiger partial charge in [0.05, 0.1) is 25.2 Å². The molecule has 16 heavy (non-hydrogen) atoms. The van der Waals surface area contributed by atoms with Crippen LogP contribution in [-0.2, 0) is 0 Å². The van der Waals surface area contributed by atoms with Crippen LogP contribution in [0.15, 0.2) is 23.5 Å². The van der Waals surface area contributed by atoms with Gasteiger partial charge in [0.15, 0.2) is 0 Å². The lowest BCUT2D eigenvalue weighted by atomic mass is 9.59. The molecule has 0 saturated carbocycles. The zero-order valence-corrected chi connectivity index (χ0v) is 9.77. The summed E-state index contributed by atoms with van der Waals surface area (Å²) >= 11 is 0. The van der Waals surface area contributed by atoms with E-state index in [4.69, 9.17) is 5.11 Å². The van der Waals surface area contributed by atoms with E-state index in [1.807, 2.05) is 6.92 Å². The highest BCUT2D eigenvalue weighted by molar-refractivity contribution is 5.35. The second kappa shape index (κ2) is 4.57. The summed E-state index contributed by atoms with van der Waals surface area (Å²) in [5, 5.41) is 38.1. The van der Waals surface area contributed by atoms with Crippen molar-refractivity contribution >= 4 is 0 Å². The maximum Gasteiger partial charge on any atom is 0.102 e. The van der Waals surface area contributed by atoms with Crippen molar-refractivity contribution in [2.24, 2.45) is 10.8 Å². The third kappa shape index (κ3) is 1.67. The summed E-state index contributed by atoms with van der Waals surface area (Å²) in [6.45, 7) is 2.98. The highest BCUT2D eigenvalue weighted by atomic mass is 16.3. The van der Waals surface area contributed by atoms with Crippen LogP contribution in [0.5, 0.6) is 0 Å². The fraction of sp³-hybridized carbons (Fsp3) is 0.667. The normalized spacial score (nSPS) is 34.6. The average Bonchev–Trinajstić information content (AvgIpc) is 2.32. The molecule has 4 nitrogen and oxygen atoms in total. The van der Waals surface area contributed by atoms with Gasteiger partial charge in [-0.3, -0.25) is 0 Å². The second-order valence-electron chi connectivity index (χ2n) is 4.56. The van der Waals surface area contributed by atoms with E-state index in [1.54, 1.807) is 13.0 Å². The molecule has 0 bridgehead atoms. The number of hydrogen-bond acceptors (Lipinski definition) is 4. The van der Waals surface area contributed by atoms with E-state index < -0.39 is 10.8 Å². The van der Waals surface area contributed by atoms with Crippen molar-refractivity contribution in [2.45, 2.75) is 20.3 Å². The van der Waals surface area contributed by atoms with Gasteiger partial charge in [-0.05, 0) is 25.0 Å². The van der Waals surface area contributed by atoms with Crippen LogP contribution >= 0.6 is 0 Å². The zero-order valence-electron chi connectivity index (χ0n) is 9.77. The Morgan fingerprint density at radius 3 is 2.19 bits per heavy atom. The number of aliphatic hydroxyl groups is 4. The Hall–Kier alpha value is -0.840. The summed E-state index contributed by atoms with van der Waals surface area (Å²) in [5.41, 5.74) is -1.05. The molecule has 0 heterocycles. The van der Waals surface area contributed by atoms with Gasteiger partial charge in [-0.1, -0.05) is 13.0 Å². The summed E-state index contributed by atoms with van der Waals surface area (Å²) in [5.74, 6) is 0.0115. The third-order valence-electron chi connectivity index (χ3n) is 3.86. The van der Waals surface area contributed by atoms with E-state index in [9.17, 15) is 15.3 Å². The van der Waals surface area contributed by atoms with Gasteiger partial charge < -0.3 is 20.4 Å². The fourth-order valence-electron chi connectivity index (χ4n) is 2.30. The third-order valence-corrected chi connectivity index (χ3v) is 3.86. The summed E-state index contributed by atoms with van der Waals surface area (Å²) in [7, 11) is 0. The van der Waals surface area contributed by atoms with Gasteiger partial charge in [0.2, 0.25) is 0 Å². The predicted molar refractivity (Wildman–Crippen MR) is 60.9 cm³/mol. The SMILES string of the molecule is CCC1(CO)C=C(CO)C=C(O)C1(C)CO. The van der Waals surface area contributed by atoms with Crippen LogP contribution in [0, 0.1) is 10.8 Å². The minimum Gasteiger partial charge on any atom is -0.512 e. The molecule has 4 heteroatoms. The van der Waals surface area contributed by atoms with Gasteiger partial charge in [-0.15, -0.1) is 0 Å². The predicted octanol–water partition coefficient (Wildman–Crippen LogP) is 0.748. The van der Waals surface area contributed by atoms with Crippen LogP contribution in [0.1, 0.15) is 20.3 Å². The molecule has 0 spiro atoms. The molecule has 0 fully saturated rings. The van der Waals surface area contributed by atoms with Crippen LogP contribution in [-0.4, -0.2) is 40.2 Å². The summed E-state index contributed by atoms with van der Waals surface area (Å²) in [6, 6.07) is 0. The van der Waals surface area contributed by atoms with Crippen LogP contribution in [0.2, 0.25) is 0 Å². The van der Waals surface area contributed by atoms with Gasteiger partial charge in [0.25, 0.3) is 0 Å². The monoisotopic (exact) mass is 228 g/mol. The maximum absolute atomic E-state index is 9.97. The minimum atomic E-state index is -0.894. The molecule has 1 aliphatic rings. The largest absolute Gasteiger partial charge is 0.512 e. The first kappa shape index (κ1) is 13.2. The Labute approximate surface area is 95.5 Å². The van der Waals surface area contributed by atoms with Crippen molar-refractivity contribution in [3.63, 3.8) is 0 Å². The highest BCUT2D eigenvalue weighted by Gasteiger charge is 2.49. The highest BCUT2D eigenvalue weighted by Crippen LogP contribution is 2.50. The first-order valence-electron chi connectivity index (χ1n) is 5.45. The topological polar surface area (TPSA) is 80.9 Å². The van der Waals surface area contributed by atoms with Crippen molar-refractivity contribution in [1.29, 1.82) is 0 Å². The van der Waals surface area contributed by atoms with Crippen molar-refractivity contribution in [1.82, 2.24) is 0 Å². The number of aliphatic hydroxyl groups excluding tert-OH is 4. The van der Waals surface area contributed by atoms with E-state index in [2.05, 4.69) is 0 Å². The lowest BCUT2D eigenvalue weighted by molar-refractivity contribution is -0.0174. The van der Waals surface area contributed by atoms with Gasteiger partial charge >= 0.3 is 0 Å². The van der Waals surface area contributed by atoms with Gasteiger partial charge in [0, 0.05) is 5.41 Å². The molecule has 1 aliphatic carbocycles. The van der Waals surface area contributed by atoms with Gasteiger partial charge in [0.1, 0.15) is 5.76 Å². The Morgan fingerprint density at radius 2 is 1.81 bits per heavy atom. The second-order valence-corrected chi connectivity index (χ2v) is 4.56. The van der Waals surface area contributed by atoms with Gasteiger partial charge in [-0.25, -0.2) is 0 Å². The van der Waals surface area contributed by atoms with Crippen LogP contribution < -0.4 is 0 Å². The number of rotatable bonds is 4. The molecule has 0 saturated heterocycles. The molecule has 0 aliphatic heterocycles. The van der Waals surface area contributed by atoms with Crippen molar-refractivity contribution in [3.8, 4) is 0 Å². The molecule has 0 radical (unpaired) electrons. The fourth-order valence-corrected chi connectivity index (χ4v) is 2.30. The Balaban J connectivity index is 3.31. The van der Waals surface area contributed by atoms with Crippen LogP contribution in [0.4, 0.5) is 0 Å². The molecule has 0 amide bonds. The van der Waals surface area contributed by atoms with Crippen molar-refractivity contribution in [3.05, 3.63) is 23.5 Å². The molecular weight excluding hydrogens is 208 g/mol. The Kier molecular flexibility index (Phi) is 3.78. The minimum absolute atomic E-state index is 0.0115. The molecule has 0 aromatic carbocycles. The molecular formula is C12H20O4. The first-order valence-corrected chi connectivity index (χ1v) is 5.45. The van der Waals surface area contributed by atoms with Crippen molar-refractivity contribution in [2.75, 3.05) is 19.8 Å². The standard InChI is InChI=1S/C12H20O4/c1-3-12(8-15)5-9(6-13)4-10(16)11(12,2)7-14/h4-5,13-16H,3,6-8H2,1-2H3. The van der Waals surface area contributed by atoms with Crippen LogP contribution in [0.25, 0.3) is 0 Å². The molecule has 92 valence electrons. The molecule has 4 N–H and O–H groups in total. The molecule has 0 aromatic rings. The van der Waals surface area contributed by atoms with E-state index in [-0.39, 0.29) is 25.6 Å². The lowest BCUT2D eigenvalue weighted by Gasteiger charge is -2.46. The Morgan fingerprint density at radius 1 is 1.19 bits per heavy atom. The number of hydrogen-bond donors (Lipinski definition) is 4. The van der Waals surface area contributed by atoms with Crippen molar-refractivity contribution < 1.29 is 20.4 Å². The van der Waals surface area contributed by atoms with Gasteiger partial charge in [-0.2, -0.15) is 0 Å². The lowest BCUT2D eigenvalue weighted by Crippen LogP contribution is -2.47. The van der Waals surface area contributed by atoms with Crippen LogP contribution in [0.3, 0.4) is 0 Å². The molecule has 1 rings (SSSR count). The Bertz CT molecular complexity index is 315. The average molecular weight is 228 g/mol. The molecule has 2 unspecified atom stereocenters. The molecule has 2 atom stereocenters. The zero-order chi connectivity index (χ0) is 12.4. The van der Waals surface area contributed by atoms with E-state index in [0.717, 1.165) is 0 Å². The quantitative estimate of drug-likeness (QED) is 0.572. The summed E-state index contributed by atoms with van der Waals surface area (Å²) < 4.78 is 0. The molecule has 0 aromatic heterocycles. The summed E-state index contributed by atoms with van der Waals surface area (Å²) in [4.78, 5) is 0. The summed E-state index contributed by atoms with van der Waals surface area (Å²) in [6.07, 6.45) is 3.78. The van der Waals surface area contributed by atoms with E-state index in [1.165, 1.54) is 6.08 Å². The van der Waals surface area contributed by atoms with E-state index in [0.29, 0.717) is 12.0 Å². The van der Waals surface area contributed by atoms with E-state index >= 15 is 0 Å². The smallest absolute Gasteiger partial charge is 0.102 e.